The molecule has 0 bridgehead atoms. The maximum Gasteiger partial charge on any atom is 0.0231 e. The average Bonchev–Trinajstić information content (AvgIpc) is 1.80. The van der Waals surface area contributed by atoms with E-state index in [4.69, 9.17) is 6.42 Å². The van der Waals surface area contributed by atoms with Gasteiger partial charge in [0.15, 0.2) is 0 Å². The van der Waals surface area contributed by atoms with Crippen molar-refractivity contribution < 1.29 is 0 Å². The minimum Gasteiger partial charge on any atom is -0.115 e. The average molecular weight is 148 g/mol. The first-order chi connectivity index (χ1) is 4.87. The monoisotopic (exact) mass is 148 g/mol. The van der Waals surface area contributed by atoms with Crippen LogP contribution in [0.25, 0.3) is 0 Å². The van der Waals surface area contributed by atoms with Gasteiger partial charge in [-0.3, -0.25) is 0 Å². The van der Waals surface area contributed by atoms with Crippen LogP contribution in [0, 0.1) is 17.8 Å². The fourth-order valence-electron chi connectivity index (χ4n) is 0.721. The maximum absolute atomic E-state index is 5.30. The SMILES string of the molecule is C#C/C(=C\C(C)(C)C)C(=C)C. The third-order valence-electron chi connectivity index (χ3n) is 1.19. The molecule has 0 aromatic carbocycles. The molecule has 0 unspecified atom stereocenters. The van der Waals surface area contributed by atoms with E-state index in [9.17, 15) is 0 Å². The highest BCUT2D eigenvalue weighted by molar-refractivity contribution is 5.42. The predicted octanol–water partition coefficient (Wildman–Crippen LogP) is 3.17. The third kappa shape index (κ3) is 4.44. The van der Waals surface area contributed by atoms with Gasteiger partial charge in [0.25, 0.3) is 0 Å². The molecule has 0 rings (SSSR count). The van der Waals surface area contributed by atoms with Gasteiger partial charge in [0, 0.05) is 5.57 Å². The molecule has 0 heteroatoms. The molecule has 0 aromatic rings. The molecule has 0 aliphatic rings. The largest absolute Gasteiger partial charge is 0.115 e. The van der Waals surface area contributed by atoms with E-state index in [1.165, 1.54) is 0 Å². The molecule has 0 fully saturated rings. The van der Waals surface area contributed by atoms with E-state index in [0.29, 0.717) is 0 Å². The smallest absolute Gasteiger partial charge is 0.0231 e. The molecule has 0 radical (unpaired) electrons. The van der Waals surface area contributed by atoms with Crippen LogP contribution in [0.3, 0.4) is 0 Å². The van der Waals surface area contributed by atoms with Gasteiger partial charge in [-0.15, -0.1) is 6.42 Å². The van der Waals surface area contributed by atoms with Crippen LogP contribution in [-0.2, 0) is 0 Å². The van der Waals surface area contributed by atoms with Gasteiger partial charge in [0.2, 0.25) is 0 Å². The summed E-state index contributed by atoms with van der Waals surface area (Å²) in [5.41, 5.74) is 2.01. The van der Waals surface area contributed by atoms with Crippen molar-refractivity contribution in [2.45, 2.75) is 27.7 Å². The molecule has 0 spiro atoms. The highest BCUT2D eigenvalue weighted by atomic mass is 14.1. The number of allylic oxidation sites excluding steroid dienone is 3. The van der Waals surface area contributed by atoms with Crippen LogP contribution in [-0.4, -0.2) is 0 Å². The Hall–Kier alpha value is -0.960. The van der Waals surface area contributed by atoms with Crippen LogP contribution in [0.2, 0.25) is 0 Å². The lowest BCUT2D eigenvalue weighted by molar-refractivity contribution is 0.542. The Kier molecular flexibility index (Phi) is 3.14. The van der Waals surface area contributed by atoms with Gasteiger partial charge in [-0.2, -0.15) is 0 Å². The van der Waals surface area contributed by atoms with Crippen LogP contribution >= 0.6 is 0 Å². The Morgan fingerprint density at radius 3 is 2.00 bits per heavy atom. The fourth-order valence-corrected chi connectivity index (χ4v) is 0.721. The molecular formula is C11H16. The quantitative estimate of drug-likeness (QED) is 0.396. The number of hydrogen-bond acceptors (Lipinski definition) is 0. The van der Waals surface area contributed by atoms with Crippen molar-refractivity contribution in [3.05, 3.63) is 23.8 Å². The molecule has 0 saturated carbocycles. The molecule has 0 saturated heterocycles. The van der Waals surface area contributed by atoms with E-state index in [1.54, 1.807) is 0 Å². The first kappa shape index (κ1) is 10.0. The van der Waals surface area contributed by atoms with Gasteiger partial charge < -0.3 is 0 Å². The van der Waals surface area contributed by atoms with Crippen LogP contribution < -0.4 is 0 Å². The summed E-state index contributed by atoms with van der Waals surface area (Å²) in [5.74, 6) is 2.62. The van der Waals surface area contributed by atoms with Gasteiger partial charge in [-0.1, -0.05) is 39.3 Å². The third-order valence-corrected chi connectivity index (χ3v) is 1.19. The van der Waals surface area contributed by atoms with E-state index in [1.807, 2.05) is 6.92 Å². The van der Waals surface area contributed by atoms with Crippen LogP contribution in [0.1, 0.15) is 27.7 Å². The summed E-state index contributed by atoms with van der Waals surface area (Å²) in [6, 6.07) is 0. The van der Waals surface area contributed by atoms with Crippen molar-refractivity contribution in [1.29, 1.82) is 0 Å². The molecule has 0 amide bonds. The van der Waals surface area contributed by atoms with Gasteiger partial charge >= 0.3 is 0 Å². The second-order valence-corrected chi connectivity index (χ2v) is 3.85. The Morgan fingerprint density at radius 1 is 1.45 bits per heavy atom. The zero-order valence-electron chi connectivity index (χ0n) is 7.86. The van der Waals surface area contributed by atoms with Crippen LogP contribution in [0.5, 0.6) is 0 Å². The molecule has 0 heterocycles. The Morgan fingerprint density at radius 2 is 1.91 bits per heavy atom. The Bertz CT molecular complexity index is 215. The molecule has 11 heavy (non-hydrogen) atoms. The summed E-state index contributed by atoms with van der Waals surface area (Å²) < 4.78 is 0. The van der Waals surface area contributed by atoms with Crippen molar-refractivity contribution in [3.8, 4) is 12.3 Å². The lowest BCUT2D eigenvalue weighted by atomic mass is 9.92. The molecule has 0 N–H and O–H groups in total. The molecule has 0 atom stereocenters. The predicted molar refractivity (Wildman–Crippen MR) is 51.2 cm³/mol. The lowest BCUT2D eigenvalue weighted by Gasteiger charge is -2.13. The van der Waals surface area contributed by atoms with Crippen molar-refractivity contribution in [1.82, 2.24) is 0 Å². The van der Waals surface area contributed by atoms with E-state index in [0.717, 1.165) is 11.1 Å². The number of hydrogen-bond donors (Lipinski definition) is 0. The highest BCUT2D eigenvalue weighted by Gasteiger charge is 2.07. The zero-order valence-corrected chi connectivity index (χ0v) is 7.86. The number of rotatable bonds is 1. The molecule has 60 valence electrons. The van der Waals surface area contributed by atoms with Gasteiger partial charge in [0.1, 0.15) is 0 Å². The summed E-state index contributed by atoms with van der Waals surface area (Å²) in [5, 5.41) is 0. The van der Waals surface area contributed by atoms with Gasteiger partial charge in [-0.25, -0.2) is 0 Å². The van der Waals surface area contributed by atoms with Crippen molar-refractivity contribution >= 4 is 0 Å². The van der Waals surface area contributed by atoms with E-state index in [-0.39, 0.29) is 5.41 Å². The molecule has 0 aliphatic heterocycles. The lowest BCUT2D eigenvalue weighted by Crippen LogP contribution is -2.01. The molecule has 0 nitrogen and oxygen atoms in total. The summed E-state index contributed by atoms with van der Waals surface area (Å²) >= 11 is 0. The Balaban J connectivity index is 4.68. The van der Waals surface area contributed by atoms with Crippen molar-refractivity contribution in [3.63, 3.8) is 0 Å². The second-order valence-electron chi connectivity index (χ2n) is 3.85. The zero-order chi connectivity index (χ0) is 9.07. The van der Waals surface area contributed by atoms with Crippen molar-refractivity contribution in [2.75, 3.05) is 0 Å². The first-order valence-electron chi connectivity index (χ1n) is 3.72. The van der Waals surface area contributed by atoms with Gasteiger partial charge in [-0.05, 0) is 17.9 Å². The standard InChI is InChI=1S/C11H16/c1-7-10(9(2)3)8-11(4,5)6/h1,8H,2H2,3-6H3/b10-8+. The molecule has 0 aliphatic carbocycles. The fraction of sp³-hybridized carbons (Fsp3) is 0.455. The minimum atomic E-state index is 0.140. The maximum atomic E-state index is 5.30. The summed E-state index contributed by atoms with van der Waals surface area (Å²) in [6.45, 7) is 12.1. The molecular weight excluding hydrogens is 132 g/mol. The topological polar surface area (TPSA) is 0 Å². The van der Waals surface area contributed by atoms with Crippen molar-refractivity contribution in [2.24, 2.45) is 5.41 Å². The molecule has 0 aromatic heterocycles. The summed E-state index contributed by atoms with van der Waals surface area (Å²) in [6.07, 6.45) is 7.37. The van der Waals surface area contributed by atoms with E-state index < -0.39 is 0 Å². The number of terminal acetylenes is 1. The van der Waals surface area contributed by atoms with E-state index >= 15 is 0 Å². The second kappa shape index (κ2) is 3.44. The summed E-state index contributed by atoms with van der Waals surface area (Å²) in [4.78, 5) is 0. The van der Waals surface area contributed by atoms with Crippen LogP contribution in [0.15, 0.2) is 23.8 Å². The highest BCUT2D eigenvalue weighted by Crippen LogP contribution is 2.19. The summed E-state index contributed by atoms with van der Waals surface area (Å²) in [7, 11) is 0. The normalized spacial score (nSPS) is 12.5. The van der Waals surface area contributed by atoms with E-state index in [2.05, 4.69) is 39.3 Å². The van der Waals surface area contributed by atoms with Gasteiger partial charge in [0.05, 0.1) is 0 Å². The first-order valence-corrected chi connectivity index (χ1v) is 3.72. The Labute approximate surface area is 70.0 Å². The van der Waals surface area contributed by atoms with Crippen LogP contribution in [0.4, 0.5) is 0 Å². The minimum absolute atomic E-state index is 0.140.